The normalized spacial score (nSPS) is 11.2. The summed E-state index contributed by atoms with van der Waals surface area (Å²) in [5, 5.41) is 20.7. The Morgan fingerprint density at radius 3 is 1.57 bits per heavy atom. The molecule has 5 nitrogen and oxygen atoms in total. The van der Waals surface area contributed by atoms with E-state index in [1.165, 1.54) is 0 Å². The lowest BCUT2D eigenvalue weighted by molar-refractivity contribution is 0.468. The Balaban J connectivity index is 1.80. The average Bonchev–Trinajstić information content (AvgIpc) is 2.75. The fraction of sp³-hybridized carbons (Fsp3) is 0.0800. The minimum Gasteiger partial charge on any atom is -0.507 e. The van der Waals surface area contributed by atoms with Gasteiger partial charge < -0.3 is 10.2 Å². The maximum atomic E-state index is 10.3. The van der Waals surface area contributed by atoms with Gasteiger partial charge in [-0.25, -0.2) is 15.0 Å². The van der Waals surface area contributed by atoms with Crippen LogP contribution in [0.15, 0.2) is 89.9 Å². The largest absolute Gasteiger partial charge is 0.507 e. The molecule has 30 heavy (non-hydrogen) atoms. The first-order valence-corrected chi connectivity index (χ1v) is 9.51. The first kappa shape index (κ1) is 20.7. The second-order valence-electron chi connectivity index (χ2n) is 6.57. The lowest BCUT2D eigenvalue weighted by atomic mass is 10.1. The molecule has 0 saturated carbocycles. The number of aromatic hydroxyl groups is 2. The van der Waals surface area contributed by atoms with Gasteiger partial charge in [0, 0.05) is 23.6 Å². The van der Waals surface area contributed by atoms with Crippen molar-refractivity contribution in [3.63, 3.8) is 0 Å². The lowest BCUT2D eigenvalue weighted by Gasteiger charge is -2.05. The molecule has 1 aromatic heterocycles. The van der Waals surface area contributed by atoms with Crippen LogP contribution in [0.2, 0.25) is 0 Å². The molecule has 0 atom stereocenters. The van der Waals surface area contributed by atoms with Crippen molar-refractivity contribution < 1.29 is 10.2 Å². The monoisotopic (exact) mass is 397 g/mol. The fourth-order valence-corrected chi connectivity index (χ4v) is 2.90. The van der Waals surface area contributed by atoms with Gasteiger partial charge in [-0.3, -0.25) is 0 Å². The van der Waals surface area contributed by atoms with E-state index in [0.717, 1.165) is 11.1 Å². The standard InChI is InChI=1S/C25H23N3O2/c1-3-8-18-10-5-12-20(24(18)29)16-26-22-14-7-15-23(28-22)27-17-21-13-6-11-19(9-4-2)25(21)30/h3-7,10-17,29-30H,1-2,8-9H2. The van der Waals surface area contributed by atoms with Gasteiger partial charge in [0.15, 0.2) is 11.6 Å². The maximum Gasteiger partial charge on any atom is 0.154 e. The molecule has 5 heteroatoms. The molecule has 2 N–H and O–H groups in total. The van der Waals surface area contributed by atoms with Gasteiger partial charge in [0.2, 0.25) is 0 Å². The van der Waals surface area contributed by atoms with Crippen molar-refractivity contribution >= 4 is 24.1 Å². The second kappa shape index (κ2) is 9.98. The highest BCUT2D eigenvalue weighted by Gasteiger charge is 2.05. The molecule has 2 aromatic carbocycles. The third-order valence-electron chi connectivity index (χ3n) is 4.42. The van der Waals surface area contributed by atoms with Crippen molar-refractivity contribution in [2.24, 2.45) is 9.98 Å². The molecule has 0 fully saturated rings. The van der Waals surface area contributed by atoms with Crippen LogP contribution in [0.4, 0.5) is 11.6 Å². The summed E-state index contributed by atoms with van der Waals surface area (Å²) in [4.78, 5) is 13.1. The van der Waals surface area contributed by atoms with Gasteiger partial charge in [-0.05, 0) is 48.2 Å². The highest BCUT2D eigenvalue weighted by atomic mass is 16.3. The van der Waals surface area contributed by atoms with Gasteiger partial charge in [-0.2, -0.15) is 0 Å². The fourth-order valence-electron chi connectivity index (χ4n) is 2.90. The van der Waals surface area contributed by atoms with Gasteiger partial charge in [0.05, 0.1) is 0 Å². The van der Waals surface area contributed by atoms with Crippen LogP contribution in [0, 0.1) is 0 Å². The number of aliphatic imine (C=N–C) groups is 2. The Labute approximate surface area is 176 Å². The Kier molecular flexibility index (Phi) is 6.90. The Morgan fingerprint density at radius 2 is 1.13 bits per heavy atom. The predicted molar refractivity (Wildman–Crippen MR) is 123 cm³/mol. The summed E-state index contributed by atoms with van der Waals surface area (Å²) in [6.45, 7) is 7.40. The number of allylic oxidation sites excluding steroid dienone is 2. The number of phenols is 2. The van der Waals surface area contributed by atoms with Gasteiger partial charge in [0.25, 0.3) is 0 Å². The van der Waals surface area contributed by atoms with E-state index < -0.39 is 0 Å². The topological polar surface area (TPSA) is 78.1 Å². The van der Waals surface area contributed by atoms with Crippen LogP contribution in [0.3, 0.4) is 0 Å². The number of para-hydroxylation sites is 2. The van der Waals surface area contributed by atoms with E-state index in [4.69, 9.17) is 0 Å². The van der Waals surface area contributed by atoms with Gasteiger partial charge >= 0.3 is 0 Å². The van der Waals surface area contributed by atoms with Crippen LogP contribution in [0.1, 0.15) is 22.3 Å². The van der Waals surface area contributed by atoms with Crippen LogP contribution < -0.4 is 0 Å². The van der Waals surface area contributed by atoms with Crippen molar-refractivity contribution in [1.82, 2.24) is 4.98 Å². The third kappa shape index (κ3) is 5.08. The maximum absolute atomic E-state index is 10.3. The zero-order valence-corrected chi connectivity index (χ0v) is 16.6. The molecule has 0 aliphatic carbocycles. The third-order valence-corrected chi connectivity index (χ3v) is 4.42. The smallest absolute Gasteiger partial charge is 0.154 e. The summed E-state index contributed by atoms with van der Waals surface area (Å²) in [6.07, 6.45) is 7.78. The van der Waals surface area contributed by atoms with Crippen molar-refractivity contribution in [1.29, 1.82) is 0 Å². The number of aromatic nitrogens is 1. The highest BCUT2D eigenvalue weighted by molar-refractivity contribution is 5.86. The number of hydrogen-bond donors (Lipinski definition) is 2. The van der Waals surface area contributed by atoms with Crippen LogP contribution in [-0.2, 0) is 12.8 Å². The van der Waals surface area contributed by atoms with E-state index in [1.54, 1.807) is 54.9 Å². The van der Waals surface area contributed by atoms with E-state index in [9.17, 15) is 10.2 Å². The predicted octanol–water partition coefficient (Wildman–Crippen LogP) is 5.45. The van der Waals surface area contributed by atoms with Crippen LogP contribution in [-0.4, -0.2) is 27.6 Å². The van der Waals surface area contributed by atoms with Gasteiger partial charge in [-0.1, -0.05) is 42.5 Å². The van der Waals surface area contributed by atoms with Crippen LogP contribution in [0.5, 0.6) is 11.5 Å². The molecule has 0 radical (unpaired) electrons. The first-order valence-electron chi connectivity index (χ1n) is 9.51. The molecule has 0 saturated heterocycles. The van der Waals surface area contributed by atoms with E-state index in [1.807, 2.05) is 24.3 Å². The molecule has 1 heterocycles. The van der Waals surface area contributed by atoms with E-state index >= 15 is 0 Å². The number of pyridine rings is 1. The quantitative estimate of drug-likeness (QED) is 0.392. The Bertz CT molecular complexity index is 1030. The number of rotatable bonds is 8. The molecule has 3 rings (SSSR count). The first-order chi connectivity index (χ1) is 14.6. The zero-order valence-electron chi connectivity index (χ0n) is 16.6. The molecule has 0 spiro atoms. The summed E-state index contributed by atoms with van der Waals surface area (Å²) >= 11 is 0. The molecule has 3 aromatic rings. The minimum atomic E-state index is 0.185. The van der Waals surface area contributed by atoms with Crippen LogP contribution in [0.25, 0.3) is 0 Å². The number of phenolic OH excluding ortho intramolecular Hbond substituents is 2. The highest BCUT2D eigenvalue weighted by Crippen LogP contribution is 2.24. The summed E-state index contributed by atoms with van der Waals surface area (Å²) in [7, 11) is 0. The molecule has 0 aliphatic rings. The molecule has 0 aliphatic heterocycles. The zero-order chi connectivity index (χ0) is 21.3. The van der Waals surface area contributed by atoms with Gasteiger partial charge in [-0.15, -0.1) is 13.2 Å². The van der Waals surface area contributed by atoms with E-state index in [2.05, 4.69) is 28.1 Å². The molecular weight excluding hydrogens is 374 g/mol. The van der Waals surface area contributed by atoms with Gasteiger partial charge in [0.1, 0.15) is 11.5 Å². The summed E-state index contributed by atoms with van der Waals surface area (Å²) in [6, 6.07) is 16.3. The van der Waals surface area contributed by atoms with E-state index in [-0.39, 0.29) is 11.5 Å². The van der Waals surface area contributed by atoms with Crippen molar-refractivity contribution in [2.75, 3.05) is 0 Å². The van der Waals surface area contributed by atoms with E-state index in [0.29, 0.717) is 35.6 Å². The van der Waals surface area contributed by atoms with Crippen molar-refractivity contribution in [2.45, 2.75) is 12.8 Å². The second-order valence-corrected chi connectivity index (χ2v) is 6.57. The SMILES string of the molecule is C=CCc1cccc(C=Nc2cccc(N=Cc3cccc(CC=C)c3O)n2)c1O. The summed E-state index contributed by atoms with van der Waals surface area (Å²) < 4.78 is 0. The van der Waals surface area contributed by atoms with Crippen molar-refractivity contribution in [3.8, 4) is 11.5 Å². The molecular formula is C25H23N3O2. The average molecular weight is 397 g/mol. The molecule has 150 valence electrons. The summed E-state index contributed by atoms with van der Waals surface area (Å²) in [5.74, 6) is 1.29. The summed E-state index contributed by atoms with van der Waals surface area (Å²) in [5.41, 5.74) is 2.79. The Morgan fingerprint density at radius 1 is 0.700 bits per heavy atom. The molecule has 0 amide bonds. The Hall–Kier alpha value is -3.99. The number of benzene rings is 2. The minimum absolute atomic E-state index is 0.185. The number of nitrogens with zero attached hydrogens (tertiary/aromatic N) is 3. The van der Waals surface area contributed by atoms with Crippen LogP contribution >= 0.6 is 0 Å². The van der Waals surface area contributed by atoms with Crippen molar-refractivity contribution in [3.05, 3.63) is 102 Å². The molecule has 0 unspecified atom stereocenters. The number of hydrogen-bond acceptors (Lipinski definition) is 5. The lowest BCUT2D eigenvalue weighted by Crippen LogP contribution is -1.89. The molecule has 0 bridgehead atoms.